The highest BCUT2D eigenvalue weighted by atomic mass is 16.2. The highest BCUT2D eigenvalue weighted by Gasteiger charge is 2.28. The summed E-state index contributed by atoms with van der Waals surface area (Å²) in [5, 5.41) is 0. The van der Waals surface area contributed by atoms with Crippen molar-refractivity contribution >= 4 is 5.91 Å². The largest absolute Gasteiger partial charge is 0.349 e. The molecule has 0 atom stereocenters. The first kappa shape index (κ1) is 15.4. The molecule has 1 saturated carbocycles. The van der Waals surface area contributed by atoms with E-state index in [0.717, 1.165) is 55.1 Å². The predicted octanol–water partition coefficient (Wildman–Crippen LogP) is 3.09. The van der Waals surface area contributed by atoms with Crippen LogP contribution in [0.15, 0.2) is 24.5 Å². The number of hydrogen-bond donors (Lipinski definition) is 1. The lowest BCUT2D eigenvalue weighted by molar-refractivity contribution is 0.0688. The standard InChI is InChI=1S/C19H24N4O/c1-13-16(4-5-17(22-13)15-2-3-15)19(24)23-10-6-14(7-11-23)12-18-20-8-9-21-18/h4-5,8-9,14-15H,2-3,6-7,10-12H2,1H3,(H,20,21). The van der Waals surface area contributed by atoms with E-state index in [-0.39, 0.29) is 5.91 Å². The molecule has 0 radical (unpaired) electrons. The zero-order valence-corrected chi connectivity index (χ0v) is 14.2. The van der Waals surface area contributed by atoms with Crippen LogP contribution in [0.1, 0.15) is 59.2 Å². The Morgan fingerprint density at radius 1 is 1.25 bits per heavy atom. The zero-order chi connectivity index (χ0) is 16.5. The summed E-state index contributed by atoms with van der Waals surface area (Å²) in [5.41, 5.74) is 2.80. The van der Waals surface area contributed by atoms with Crippen LogP contribution in [0.25, 0.3) is 0 Å². The van der Waals surface area contributed by atoms with Gasteiger partial charge in [-0.3, -0.25) is 9.78 Å². The average molecular weight is 324 g/mol. The van der Waals surface area contributed by atoms with Crippen molar-refractivity contribution in [3.05, 3.63) is 47.3 Å². The Hall–Kier alpha value is -2.17. The van der Waals surface area contributed by atoms with Gasteiger partial charge in [-0.25, -0.2) is 4.98 Å². The van der Waals surface area contributed by atoms with Gasteiger partial charge in [0.15, 0.2) is 0 Å². The van der Waals surface area contributed by atoms with Gasteiger partial charge in [0.05, 0.1) is 11.3 Å². The fourth-order valence-electron chi connectivity index (χ4n) is 3.61. The van der Waals surface area contributed by atoms with E-state index in [2.05, 4.69) is 15.0 Å². The number of piperidine rings is 1. The number of imidazole rings is 1. The van der Waals surface area contributed by atoms with Gasteiger partial charge in [-0.15, -0.1) is 0 Å². The summed E-state index contributed by atoms with van der Waals surface area (Å²) in [5.74, 6) is 2.43. The number of H-pyrrole nitrogens is 1. The quantitative estimate of drug-likeness (QED) is 0.940. The normalized spacial score (nSPS) is 18.8. The van der Waals surface area contributed by atoms with Crippen molar-refractivity contribution in [3.63, 3.8) is 0 Å². The summed E-state index contributed by atoms with van der Waals surface area (Å²) in [6.45, 7) is 3.62. The zero-order valence-electron chi connectivity index (χ0n) is 14.2. The smallest absolute Gasteiger partial charge is 0.255 e. The third-order valence-electron chi connectivity index (χ3n) is 5.27. The maximum Gasteiger partial charge on any atom is 0.255 e. The number of pyridine rings is 1. The molecule has 2 aromatic rings. The van der Waals surface area contributed by atoms with Gasteiger partial charge in [-0.1, -0.05) is 0 Å². The van der Waals surface area contributed by atoms with Crippen molar-refractivity contribution in [2.24, 2.45) is 5.92 Å². The fourth-order valence-corrected chi connectivity index (χ4v) is 3.61. The minimum atomic E-state index is 0.138. The molecule has 24 heavy (non-hydrogen) atoms. The minimum Gasteiger partial charge on any atom is -0.349 e. The molecule has 2 aliphatic rings. The Morgan fingerprint density at radius 3 is 2.67 bits per heavy atom. The summed E-state index contributed by atoms with van der Waals surface area (Å²) >= 11 is 0. The fraction of sp³-hybridized carbons (Fsp3) is 0.526. The van der Waals surface area contributed by atoms with E-state index in [1.165, 1.54) is 12.8 Å². The number of aromatic amines is 1. The first-order valence-electron chi connectivity index (χ1n) is 8.96. The average Bonchev–Trinajstić information content (AvgIpc) is 3.33. The van der Waals surface area contributed by atoms with Crippen molar-refractivity contribution in [1.82, 2.24) is 19.9 Å². The van der Waals surface area contributed by atoms with Crippen LogP contribution < -0.4 is 0 Å². The minimum absolute atomic E-state index is 0.138. The van der Waals surface area contributed by atoms with Gasteiger partial charge in [-0.05, 0) is 50.7 Å². The van der Waals surface area contributed by atoms with Gasteiger partial charge < -0.3 is 9.88 Å². The van der Waals surface area contributed by atoms with Gasteiger partial charge in [0.1, 0.15) is 5.82 Å². The Bertz CT molecular complexity index is 713. The molecule has 1 aliphatic carbocycles. The predicted molar refractivity (Wildman–Crippen MR) is 91.9 cm³/mol. The summed E-state index contributed by atoms with van der Waals surface area (Å²) in [7, 11) is 0. The Morgan fingerprint density at radius 2 is 2.04 bits per heavy atom. The molecule has 126 valence electrons. The maximum absolute atomic E-state index is 12.8. The second-order valence-electron chi connectivity index (χ2n) is 7.12. The molecular formula is C19H24N4O. The third-order valence-corrected chi connectivity index (χ3v) is 5.27. The molecule has 2 aromatic heterocycles. The van der Waals surface area contributed by atoms with Crippen molar-refractivity contribution < 1.29 is 4.79 Å². The molecule has 1 N–H and O–H groups in total. The van der Waals surface area contributed by atoms with E-state index in [1.807, 2.05) is 30.2 Å². The van der Waals surface area contributed by atoms with Crippen LogP contribution in [0.4, 0.5) is 0 Å². The summed E-state index contributed by atoms with van der Waals surface area (Å²) in [6.07, 6.45) is 9.21. The van der Waals surface area contributed by atoms with Gasteiger partial charge in [0, 0.05) is 43.5 Å². The number of nitrogens with one attached hydrogen (secondary N) is 1. The number of aryl methyl sites for hydroxylation is 1. The van der Waals surface area contributed by atoms with E-state index in [0.29, 0.717) is 11.8 Å². The van der Waals surface area contributed by atoms with Crippen LogP contribution in [0.2, 0.25) is 0 Å². The number of amides is 1. The summed E-state index contributed by atoms with van der Waals surface area (Å²) in [6, 6.07) is 4.02. The molecule has 3 heterocycles. The molecular weight excluding hydrogens is 300 g/mol. The molecule has 4 rings (SSSR count). The van der Waals surface area contributed by atoms with Crippen LogP contribution in [-0.4, -0.2) is 38.8 Å². The van der Waals surface area contributed by atoms with Gasteiger partial charge in [0.25, 0.3) is 5.91 Å². The van der Waals surface area contributed by atoms with Crippen LogP contribution >= 0.6 is 0 Å². The SMILES string of the molecule is Cc1nc(C2CC2)ccc1C(=O)N1CCC(Cc2ncc[nH]2)CC1. The molecule has 5 heteroatoms. The monoisotopic (exact) mass is 324 g/mol. The molecule has 0 unspecified atom stereocenters. The molecule has 1 saturated heterocycles. The lowest BCUT2D eigenvalue weighted by atomic mass is 9.93. The molecule has 0 aromatic carbocycles. The highest BCUT2D eigenvalue weighted by Crippen LogP contribution is 2.39. The Kier molecular flexibility index (Phi) is 4.08. The number of aromatic nitrogens is 3. The van der Waals surface area contributed by atoms with Gasteiger partial charge in [0.2, 0.25) is 0 Å². The third kappa shape index (κ3) is 3.21. The van der Waals surface area contributed by atoms with Crippen molar-refractivity contribution in [1.29, 1.82) is 0 Å². The van der Waals surface area contributed by atoms with E-state index >= 15 is 0 Å². The molecule has 2 fully saturated rings. The Labute approximate surface area is 142 Å². The first-order chi connectivity index (χ1) is 11.7. The van der Waals surface area contributed by atoms with E-state index in [1.54, 1.807) is 6.20 Å². The van der Waals surface area contributed by atoms with E-state index < -0.39 is 0 Å². The van der Waals surface area contributed by atoms with Crippen molar-refractivity contribution in [3.8, 4) is 0 Å². The van der Waals surface area contributed by atoms with Crippen LogP contribution in [0.3, 0.4) is 0 Å². The van der Waals surface area contributed by atoms with Crippen LogP contribution in [0.5, 0.6) is 0 Å². The highest BCUT2D eigenvalue weighted by molar-refractivity contribution is 5.95. The molecule has 0 spiro atoms. The number of carbonyl (C=O) groups is 1. The first-order valence-corrected chi connectivity index (χ1v) is 8.96. The summed E-state index contributed by atoms with van der Waals surface area (Å²) in [4.78, 5) is 26.9. The topological polar surface area (TPSA) is 61.9 Å². The van der Waals surface area contributed by atoms with Crippen molar-refractivity contribution in [2.75, 3.05) is 13.1 Å². The van der Waals surface area contributed by atoms with E-state index in [4.69, 9.17) is 0 Å². The number of carbonyl (C=O) groups excluding carboxylic acids is 1. The molecule has 1 aliphatic heterocycles. The molecule has 0 bridgehead atoms. The second-order valence-corrected chi connectivity index (χ2v) is 7.12. The second kappa shape index (κ2) is 6.38. The lowest BCUT2D eigenvalue weighted by Crippen LogP contribution is -2.39. The van der Waals surface area contributed by atoms with Gasteiger partial charge in [-0.2, -0.15) is 0 Å². The number of rotatable bonds is 4. The van der Waals surface area contributed by atoms with Crippen LogP contribution in [0, 0.1) is 12.8 Å². The lowest BCUT2D eigenvalue weighted by Gasteiger charge is -2.32. The number of likely N-dealkylation sites (tertiary alicyclic amines) is 1. The maximum atomic E-state index is 12.8. The number of hydrogen-bond acceptors (Lipinski definition) is 3. The van der Waals surface area contributed by atoms with Gasteiger partial charge >= 0.3 is 0 Å². The molecule has 5 nitrogen and oxygen atoms in total. The number of nitrogens with zero attached hydrogens (tertiary/aromatic N) is 3. The van der Waals surface area contributed by atoms with E-state index in [9.17, 15) is 4.79 Å². The Balaban J connectivity index is 1.37. The molecule has 1 amide bonds. The summed E-state index contributed by atoms with van der Waals surface area (Å²) < 4.78 is 0. The van der Waals surface area contributed by atoms with Crippen molar-refractivity contribution in [2.45, 2.75) is 44.9 Å². The van der Waals surface area contributed by atoms with Crippen LogP contribution in [-0.2, 0) is 6.42 Å².